The summed E-state index contributed by atoms with van der Waals surface area (Å²) in [5, 5.41) is 0. The predicted octanol–water partition coefficient (Wildman–Crippen LogP) is 3.29. The maximum Gasteiger partial charge on any atom is 0.330 e. The minimum absolute atomic E-state index is 0.259. The largest absolute Gasteiger partial charge is 0.466 e. The van der Waals surface area contributed by atoms with Crippen molar-refractivity contribution in [3.63, 3.8) is 0 Å². The van der Waals surface area contributed by atoms with Crippen molar-refractivity contribution in [1.82, 2.24) is 4.90 Å². The zero-order chi connectivity index (χ0) is 15.7. The second-order valence-electron chi connectivity index (χ2n) is 6.68. The molecule has 118 valence electrons. The van der Waals surface area contributed by atoms with Gasteiger partial charge in [-0.25, -0.2) is 4.79 Å². The maximum atomic E-state index is 11.5. The van der Waals surface area contributed by atoms with E-state index >= 15 is 0 Å². The van der Waals surface area contributed by atoms with Gasteiger partial charge in [0.25, 0.3) is 0 Å². The summed E-state index contributed by atoms with van der Waals surface area (Å²) in [6.45, 7) is 2.12. The van der Waals surface area contributed by atoms with Gasteiger partial charge in [0.1, 0.15) is 0 Å². The lowest BCUT2D eigenvalue weighted by Crippen LogP contribution is -2.45. The Bertz CT molecular complexity index is 563. The van der Waals surface area contributed by atoms with Crippen molar-refractivity contribution < 1.29 is 9.53 Å². The van der Waals surface area contributed by atoms with Crippen LogP contribution >= 0.6 is 0 Å². The molecule has 0 amide bonds. The van der Waals surface area contributed by atoms with Gasteiger partial charge < -0.3 is 4.74 Å². The number of nitrogens with zero attached hydrogens (tertiary/aromatic N) is 1. The number of hydrogen-bond donors (Lipinski definition) is 0. The van der Waals surface area contributed by atoms with Crippen LogP contribution in [-0.2, 0) is 9.53 Å². The number of carbonyl (C=O) groups excluding carboxylic acids is 1. The fraction of sp³-hybridized carbons (Fsp3) is 0.526. The molecule has 0 saturated carbocycles. The summed E-state index contributed by atoms with van der Waals surface area (Å²) < 4.78 is 4.76. The molecule has 3 rings (SSSR count). The van der Waals surface area contributed by atoms with Crippen molar-refractivity contribution in [3.05, 3.63) is 47.5 Å². The highest BCUT2D eigenvalue weighted by atomic mass is 16.5. The number of fused-ring (bicyclic) bond motifs is 2. The zero-order valence-electron chi connectivity index (χ0n) is 13.7. The van der Waals surface area contributed by atoms with Crippen LogP contribution in [0.3, 0.4) is 0 Å². The number of ether oxygens (including phenoxy) is 1. The van der Waals surface area contributed by atoms with Gasteiger partial charge in [0.2, 0.25) is 0 Å². The fourth-order valence-electron chi connectivity index (χ4n) is 4.20. The summed E-state index contributed by atoms with van der Waals surface area (Å²) in [4.78, 5) is 14.0. The third-order valence-corrected chi connectivity index (χ3v) is 5.49. The molecule has 0 radical (unpaired) electrons. The van der Waals surface area contributed by atoms with Gasteiger partial charge in [-0.2, -0.15) is 0 Å². The van der Waals surface area contributed by atoms with Crippen LogP contribution in [0.1, 0.15) is 36.3 Å². The van der Waals surface area contributed by atoms with Crippen LogP contribution in [0.4, 0.5) is 0 Å². The van der Waals surface area contributed by atoms with E-state index in [9.17, 15) is 4.79 Å². The maximum absolute atomic E-state index is 11.5. The number of piperidine rings is 1. The summed E-state index contributed by atoms with van der Waals surface area (Å²) in [6.07, 6.45) is 7.36. The van der Waals surface area contributed by atoms with E-state index in [2.05, 4.69) is 49.2 Å². The molecule has 2 bridgehead atoms. The van der Waals surface area contributed by atoms with E-state index in [1.807, 2.05) is 0 Å². The molecule has 2 aliphatic heterocycles. The summed E-state index contributed by atoms with van der Waals surface area (Å²) in [5.41, 5.74) is 2.69. The second kappa shape index (κ2) is 6.25. The average Bonchev–Trinajstić information content (AvgIpc) is 2.77. The lowest BCUT2D eigenvalue weighted by Gasteiger charge is -2.42. The highest BCUT2D eigenvalue weighted by Crippen LogP contribution is 2.46. The average molecular weight is 299 g/mol. The Labute approximate surface area is 133 Å². The minimum Gasteiger partial charge on any atom is -0.466 e. The molecule has 0 aromatic heterocycles. The quantitative estimate of drug-likeness (QED) is 0.633. The number of hydrogen-bond acceptors (Lipinski definition) is 3. The molecule has 0 N–H and O–H groups in total. The molecule has 2 fully saturated rings. The van der Waals surface area contributed by atoms with Crippen molar-refractivity contribution in [1.29, 1.82) is 0 Å². The first kappa shape index (κ1) is 15.3. The van der Waals surface area contributed by atoms with Gasteiger partial charge in [-0.1, -0.05) is 35.9 Å². The molecule has 1 aromatic carbocycles. The van der Waals surface area contributed by atoms with Crippen molar-refractivity contribution in [2.24, 2.45) is 5.92 Å². The molecule has 1 aromatic rings. The molecular weight excluding hydrogens is 274 g/mol. The topological polar surface area (TPSA) is 29.5 Å². The summed E-state index contributed by atoms with van der Waals surface area (Å²) >= 11 is 0. The highest BCUT2D eigenvalue weighted by Gasteiger charge is 2.44. The van der Waals surface area contributed by atoms with Gasteiger partial charge in [-0.3, -0.25) is 4.90 Å². The summed E-state index contributed by atoms with van der Waals surface area (Å²) in [5.74, 6) is 0.617. The van der Waals surface area contributed by atoms with E-state index < -0.39 is 0 Å². The molecule has 0 aliphatic carbocycles. The Kier molecular flexibility index (Phi) is 4.34. The van der Waals surface area contributed by atoms with E-state index in [1.165, 1.54) is 37.5 Å². The third kappa shape index (κ3) is 2.82. The molecular formula is C19H25NO2. The molecule has 2 heterocycles. The molecule has 3 nitrogen and oxygen atoms in total. The Morgan fingerprint density at radius 3 is 2.68 bits per heavy atom. The van der Waals surface area contributed by atoms with Crippen LogP contribution in [0.2, 0.25) is 0 Å². The Balaban J connectivity index is 1.90. The normalized spacial score (nSPS) is 31.6. The summed E-state index contributed by atoms with van der Waals surface area (Å²) in [6, 6.07) is 10.1. The summed E-state index contributed by atoms with van der Waals surface area (Å²) in [7, 11) is 3.66. The third-order valence-electron chi connectivity index (χ3n) is 5.49. The molecule has 2 aliphatic rings. The van der Waals surface area contributed by atoms with Gasteiger partial charge in [0.15, 0.2) is 0 Å². The monoisotopic (exact) mass is 299 g/mol. The zero-order valence-corrected chi connectivity index (χ0v) is 13.7. The van der Waals surface area contributed by atoms with E-state index in [0.29, 0.717) is 23.9 Å². The van der Waals surface area contributed by atoms with E-state index in [-0.39, 0.29) is 5.97 Å². The van der Waals surface area contributed by atoms with Gasteiger partial charge in [-0.15, -0.1) is 0 Å². The van der Waals surface area contributed by atoms with Crippen LogP contribution < -0.4 is 0 Å². The fourth-order valence-corrected chi connectivity index (χ4v) is 4.20. The van der Waals surface area contributed by atoms with Gasteiger partial charge in [0, 0.05) is 18.2 Å². The van der Waals surface area contributed by atoms with Crippen molar-refractivity contribution >= 4 is 5.97 Å². The molecule has 4 atom stereocenters. The first-order valence-electron chi connectivity index (χ1n) is 8.15. The van der Waals surface area contributed by atoms with Gasteiger partial charge in [-0.05, 0) is 50.6 Å². The molecule has 22 heavy (non-hydrogen) atoms. The van der Waals surface area contributed by atoms with E-state index in [4.69, 9.17) is 4.74 Å². The number of methoxy groups -OCH3 is 1. The highest BCUT2D eigenvalue weighted by molar-refractivity contribution is 5.81. The standard InChI is InChI=1S/C19H25NO2/c1-13-4-6-14(7-5-13)17-12-15-8-10-18(20(15)2)16(17)9-11-19(21)22-3/h4-7,9,11,15-18H,8,10,12H2,1-3H3/b11-9+/t15?,16-,17+,18?/m0/s1. The van der Waals surface area contributed by atoms with Crippen LogP contribution in [0, 0.1) is 12.8 Å². The van der Waals surface area contributed by atoms with Crippen LogP contribution in [0.25, 0.3) is 0 Å². The number of esters is 1. The number of rotatable bonds is 3. The van der Waals surface area contributed by atoms with Crippen molar-refractivity contribution in [3.8, 4) is 0 Å². The molecule has 0 spiro atoms. The Morgan fingerprint density at radius 2 is 2.00 bits per heavy atom. The smallest absolute Gasteiger partial charge is 0.330 e. The number of aryl methyl sites for hydroxylation is 1. The number of benzene rings is 1. The lowest BCUT2D eigenvalue weighted by molar-refractivity contribution is -0.134. The first-order chi connectivity index (χ1) is 10.6. The van der Waals surface area contributed by atoms with Gasteiger partial charge in [0.05, 0.1) is 7.11 Å². The van der Waals surface area contributed by atoms with Crippen molar-refractivity contribution in [2.45, 2.75) is 44.2 Å². The van der Waals surface area contributed by atoms with Crippen molar-refractivity contribution in [2.75, 3.05) is 14.2 Å². The van der Waals surface area contributed by atoms with Crippen LogP contribution in [0.5, 0.6) is 0 Å². The Hall–Kier alpha value is -1.61. The van der Waals surface area contributed by atoms with Gasteiger partial charge >= 0.3 is 5.97 Å². The first-order valence-corrected chi connectivity index (χ1v) is 8.15. The molecule has 3 heteroatoms. The Morgan fingerprint density at radius 1 is 1.27 bits per heavy atom. The molecule has 2 unspecified atom stereocenters. The van der Waals surface area contributed by atoms with Crippen LogP contribution in [0.15, 0.2) is 36.4 Å². The van der Waals surface area contributed by atoms with E-state index in [0.717, 1.165) is 0 Å². The van der Waals surface area contributed by atoms with E-state index in [1.54, 1.807) is 6.08 Å². The second-order valence-corrected chi connectivity index (χ2v) is 6.68. The number of carbonyl (C=O) groups is 1. The van der Waals surface area contributed by atoms with Crippen LogP contribution in [-0.4, -0.2) is 37.1 Å². The SMILES string of the molecule is COC(=O)/C=C/[C@@H]1C2CCC(C[C@@H]1c1ccc(C)cc1)N2C. The lowest BCUT2D eigenvalue weighted by atomic mass is 9.76. The molecule has 2 saturated heterocycles. The minimum atomic E-state index is -0.259. The predicted molar refractivity (Wildman–Crippen MR) is 87.8 cm³/mol.